The van der Waals surface area contributed by atoms with E-state index < -0.39 is 24.5 Å². The number of aliphatic hydroxyl groups excluding tert-OH is 1. The summed E-state index contributed by atoms with van der Waals surface area (Å²) < 4.78 is 42.8. The van der Waals surface area contributed by atoms with Crippen molar-refractivity contribution in [2.24, 2.45) is 0 Å². The first kappa shape index (κ1) is 23.4. The third-order valence-electron chi connectivity index (χ3n) is 5.55. The Kier molecular flexibility index (Phi) is 6.39. The molecule has 3 heterocycles. The van der Waals surface area contributed by atoms with Gasteiger partial charge in [-0.25, -0.2) is 28.1 Å². The molecule has 3 aromatic rings. The largest absolute Gasteiger partial charge is 0.369 e. The van der Waals surface area contributed by atoms with Crippen LogP contribution in [0, 0.1) is 17.1 Å². The van der Waals surface area contributed by atoms with Gasteiger partial charge < -0.3 is 15.3 Å². The summed E-state index contributed by atoms with van der Waals surface area (Å²) in [4.78, 5) is 14.1. The molecule has 1 atom stereocenters. The SMILES string of the molecule is CC(C)c1ncc(C(O)Nc2c(-c3ccccc3F)cc(C#N)nc2N2CCC(F)(F)C2)cn1. The second kappa shape index (κ2) is 9.27. The smallest absolute Gasteiger partial charge is 0.266 e. The van der Waals surface area contributed by atoms with E-state index in [-0.39, 0.29) is 47.2 Å². The van der Waals surface area contributed by atoms with Gasteiger partial charge in [-0.1, -0.05) is 32.0 Å². The van der Waals surface area contributed by atoms with Gasteiger partial charge in [0.25, 0.3) is 5.92 Å². The maximum Gasteiger partial charge on any atom is 0.266 e. The second-order valence-electron chi connectivity index (χ2n) is 8.45. The normalized spacial score (nSPS) is 15.9. The predicted molar refractivity (Wildman–Crippen MR) is 121 cm³/mol. The predicted octanol–water partition coefficient (Wildman–Crippen LogP) is 4.62. The Morgan fingerprint density at radius 3 is 2.47 bits per heavy atom. The number of pyridine rings is 1. The number of aromatic nitrogens is 3. The average Bonchev–Trinajstić information content (AvgIpc) is 3.19. The maximum absolute atomic E-state index is 14.8. The Morgan fingerprint density at radius 2 is 1.88 bits per heavy atom. The second-order valence-corrected chi connectivity index (χ2v) is 8.45. The Morgan fingerprint density at radius 1 is 1.18 bits per heavy atom. The van der Waals surface area contributed by atoms with E-state index in [2.05, 4.69) is 20.3 Å². The zero-order chi connectivity index (χ0) is 24.5. The quantitative estimate of drug-likeness (QED) is 0.510. The van der Waals surface area contributed by atoms with Gasteiger partial charge in [-0.3, -0.25) is 0 Å². The van der Waals surface area contributed by atoms with E-state index in [1.165, 1.54) is 41.6 Å². The molecule has 0 radical (unpaired) electrons. The molecule has 10 heteroatoms. The van der Waals surface area contributed by atoms with Crippen molar-refractivity contribution in [3.63, 3.8) is 0 Å². The molecule has 1 aromatic carbocycles. The summed E-state index contributed by atoms with van der Waals surface area (Å²) in [6, 6.07) is 9.17. The molecular weight excluding hydrogens is 445 g/mol. The minimum Gasteiger partial charge on any atom is -0.369 e. The summed E-state index contributed by atoms with van der Waals surface area (Å²) in [7, 11) is 0. The highest BCUT2D eigenvalue weighted by atomic mass is 19.3. The van der Waals surface area contributed by atoms with Gasteiger partial charge in [-0.2, -0.15) is 5.26 Å². The minimum atomic E-state index is -2.93. The molecule has 1 aliphatic heterocycles. The summed E-state index contributed by atoms with van der Waals surface area (Å²) in [5.74, 6) is -2.77. The fourth-order valence-corrected chi connectivity index (χ4v) is 3.78. The van der Waals surface area contributed by atoms with Gasteiger partial charge >= 0.3 is 0 Å². The van der Waals surface area contributed by atoms with Gasteiger partial charge in [-0.15, -0.1) is 0 Å². The van der Waals surface area contributed by atoms with Crippen molar-refractivity contribution in [3.05, 3.63) is 65.6 Å². The van der Waals surface area contributed by atoms with E-state index in [9.17, 15) is 23.5 Å². The van der Waals surface area contributed by atoms with Crippen LogP contribution >= 0.6 is 0 Å². The van der Waals surface area contributed by atoms with E-state index in [1.54, 1.807) is 6.07 Å². The van der Waals surface area contributed by atoms with Crippen LogP contribution in [0.4, 0.5) is 24.7 Å². The number of hydrogen-bond acceptors (Lipinski definition) is 7. The average molecular weight is 468 g/mol. The standard InChI is InChI=1S/C24H23F3N6O/c1-14(2)21-29-11-15(12-30-21)23(34)32-20-18(17-5-3-4-6-19(17)25)9-16(10-28)31-22(20)33-8-7-24(26,27)13-33/h3-6,9,11-12,14,23,32,34H,7-8,13H2,1-2H3. The molecule has 1 unspecified atom stereocenters. The minimum absolute atomic E-state index is 0.0113. The molecule has 1 aliphatic rings. The monoisotopic (exact) mass is 468 g/mol. The molecule has 1 saturated heterocycles. The Labute approximate surface area is 194 Å². The number of rotatable bonds is 6. The van der Waals surface area contributed by atoms with Gasteiger partial charge in [0.15, 0.2) is 12.0 Å². The van der Waals surface area contributed by atoms with Gasteiger partial charge in [0, 0.05) is 48.0 Å². The highest BCUT2D eigenvalue weighted by Crippen LogP contribution is 2.41. The number of aliphatic hydroxyl groups is 1. The molecule has 0 aliphatic carbocycles. The van der Waals surface area contributed by atoms with E-state index >= 15 is 0 Å². The van der Waals surface area contributed by atoms with Crippen molar-refractivity contribution in [1.82, 2.24) is 15.0 Å². The molecule has 176 valence electrons. The summed E-state index contributed by atoms with van der Waals surface area (Å²) in [5.41, 5.74) is 0.740. The molecule has 0 bridgehead atoms. The molecule has 0 saturated carbocycles. The van der Waals surface area contributed by atoms with E-state index in [1.807, 2.05) is 19.9 Å². The Balaban J connectivity index is 1.83. The van der Waals surface area contributed by atoms with E-state index in [0.29, 0.717) is 11.4 Å². The van der Waals surface area contributed by atoms with Crippen molar-refractivity contribution in [3.8, 4) is 17.2 Å². The number of nitriles is 1. The van der Waals surface area contributed by atoms with Crippen LogP contribution < -0.4 is 10.2 Å². The number of halogens is 3. The summed E-state index contributed by atoms with van der Waals surface area (Å²) in [6.45, 7) is 3.25. The van der Waals surface area contributed by atoms with Gasteiger partial charge in [-0.05, 0) is 12.1 Å². The summed E-state index contributed by atoms with van der Waals surface area (Å²) in [5, 5.41) is 23.3. The van der Waals surface area contributed by atoms with Crippen LogP contribution in [0.2, 0.25) is 0 Å². The first-order valence-corrected chi connectivity index (χ1v) is 10.8. The number of nitrogens with zero attached hydrogens (tertiary/aromatic N) is 5. The maximum atomic E-state index is 14.8. The topological polar surface area (TPSA) is 98.0 Å². The van der Waals surface area contributed by atoms with Gasteiger partial charge in [0.1, 0.15) is 23.4 Å². The fourth-order valence-electron chi connectivity index (χ4n) is 3.78. The molecule has 4 rings (SSSR count). The molecule has 0 spiro atoms. The molecule has 7 nitrogen and oxygen atoms in total. The summed E-state index contributed by atoms with van der Waals surface area (Å²) in [6.07, 6.45) is 1.20. The molecule has 2 aromatic heterocycles. The van der Waals surface area contributed by atoms with Crippen molar-refractivity contribution < 1.29 is 18.3 Å². The van der Waals surface area contributed by atoms with Crippen LogP contribution in [-0.2, 0) is 0 Å². The number of alkyl halides is 2. The Hall–Kier alpha value is -3.71. The highest BCUT2D eigenvalue weighted by molar-refractivity contribution is 5.87. The fraction of sp³-hybridized carbons (Fsp3) is 0.333. The van der Waals surface area contributed by atoms with Crippen LogP contribution in [-0.4, -0.2) is 39.1 Å². The van der Waals surface area contributed by atoms with Gasteiger partial charge in [0.2, 0.25) is 0 Å². The third kappa shape index (κ3) is 4.79. The summed E-state index contributed by atoms with van der Waals surface area (Å²) >= 11 is 0. The Bertz CT molecular complexity index is 1230. The van der Waals surface area contributed by atoms with Crippen molar-refractivity contribution >= 4 is 11.5 Å². The first-order valence-electron chi connectivity index (χ1n) is 10.8. The molecular formula is C24H23F3N6O. The number of hydrogen-bond donors (Lipinski definition) is 2. The van der Waals surface area contributed by atoms with Crippen LogP contribution in [0.1, 0.15) is 49.5 Å². The zero-order valence-corrected chi connectivity index (χ0v) is 18.6. The van der Waals surface area contributed by atoms with Crippen LogP contribution in [0.15, 0.2) is 42.7 Å². The number of anilines is 2. The molecule has 34 heavy (non-hydrogen) atoms. The van der Waals surface area contributed by atoms with Crippen molar-refractivity contribution in [2.45, 2.75) is 38.3 Å². The lowest BCUT2D eigenvalue weighted by Crippen LogP contribution is -2.27. The number of benzene rings is 1. The van der Waals surface area contributed by atoms with Crippen molar-refractivity contribution in [1.29, 1.82) is 5.26 Å². The molecule has 2 N–H and O–H groups in total. The van der Waals surface area contributed by atoms with E-state index in [0.717, 1.165) is 0 Å². The lowest BCUT2D eigenvalue weighted by atomic mass is 10.0. The number of nitrogens with one attached hydrogen (secondary N) is 1. The zero-order valence-electron chi connectivity index (χ0n) is 18.6. The third-order valence-corrected chi connectivity index (χ3v) is 5.55. The van der Waals surface area contributed by atoms with Gasteiger partial charge in [0.05, 0.1) is 12.2 Å². The lowest BCUT2D eigenvalue weighted by molar-refractivity contribution is 0.0257. The molecule has 1 fully saturated rings. The first-order chi connectivity index (χ1) is 16.2. The molecule has 0 amide bonds. The highest BCUT2D eigenvalue weighted by Gasteiger charge is 2.40. The van der Waals surface area contributed by atoms with Crippen LogP contribution in [0.5, 0.6) is 0 Å². The van der Waals surface area contributed by atoms with Crippen molar-refractivity contribution in [2.75, 3.05) is 23.3 Å². The van der Waals surface area contributed by atoms with Crippen LogP contribution in [0.3, 0.4) is 0 Å². The van der Waals surface area contributed by atoms with E-state index in [4.69, 9.17) is 0 Å². The van der Waals surface area contributed by atoms with Crippen LogP contribution in [0.25, 0.3) is 11.1 Å². The lowest BCUT2D eigenvalue weighted by Gasteiger charge is -2.25.